The van der Waals surface area contributed by atoms with Crippen molar-refractivity contribution in [2.24, 2.45) is 5.92 Å². The van der Waals surface area contributed by atoms with Gasteiger partial charge in [0.05, 0.1) is 18.2 Å². The van der Waals surface area contributed by atoms with Crippen molar-refractivity contribution in [3.05, 3.63) is 47.8 Å². The van der Waals surface area contributed by atoms with Crippen LogP contribution in [0.5, 0.6) is 0 Å². The van der Waals surface area contributed by atoms with E-state index < -0.39 is 5.79 Å². The predicted octanol–water partition coefficient (Wildman–Crippen LogP) is 2.89. The van der Waals surface area contributed by atoms with Gasteiger partial charge in [0.15, 0.2) is 5.79 Å². The van der Waals surface area contributed by atoms with Crippen LogP contribution in [0.2, 0.25) is 0 Å². The monoisotopic (exact) mass is 396 g/mol. The Morgan fingerprint density at radius 2 is 1.86 bits per heavy atom. The molecule has 0 spiro atoms. The third-order valence-electron chi connectivity index (χ3n) is 6.27. The highest BCUT2D eigenvalue weighted by Crippen LogP contribution is 2.42. The number of ether oxygens (including phenoxy) is 2. The summed E-state index contributed by atoms with van der Waals surface area (Å²) >= 11 is 0. The molecule has 2 fully saturated rings. The molecule has 7 nitrogen and oxygen atoms in total. The van der Waals surface area contributed by atoms with Crippen molar-refractivity contribution in [2.45, 2.75) is 63.2 Å². The number of nitrogens with one attached hydrogen (secondary N) is 2. The Kier molecular flexibility index (Phi) is 4.69. The molecule has 1 saturated carbocycles. The molecule has 29 heavy (non-hydrogen) atoms. The second-order valence-corrected chi connectivity index (χ2v) is 8.72. The van der Waals surface area contributed by atoms with Gasteiger partial charge in [-0.3, -0.25) is 0 Å². The first-order chi connectivity index (χ1) is 14.0. The maximum atomic E-state index is 9.75. The van der Waals surface area contributed by atoms with Crippen LogP contribution in [0.4, 0.5) is 11.6 Å². The molecule has 1 aromatic heterocycles. The lowest BCUT2D eigenvalue weighted by molar-refractivity contribution is -0.158. The van der Waals surface area contributed by atoms with Gasteiger partial charge in [-0.15, -0.1) is 0 Å². The van der Waals surface area contributed by atoms with Crippen molar-refractivity contribution in [2.75, 3.05) is 17.2 Å². The Balaban J connectivity index is 1.30. The lowest BCUT2D eigenvalue weighted by Crippen LogP contribution is -2.34. The third kappa shape index (κ3) is 3.58. The van der Waals surface area contributed by atoms with E-state index in [0.29, 0.717) is 0 Å². The minimum Gasteiger partial charge on any atom is -0.396 e. The predicted molar refractivity (Wildman–Crippen MR) is 110 cm³/mol. The van der Waals surface area contributed by atoms with E-state index in [-0.39, 0.29) is 36.8 Å². The number of hydrogen-bond acceptors (Lipinski definition) is 7. The first-order valence-electron chi connectivity index (χ1n) is 10.4. The Labute approximate surface area is 170 Å². The molecule has 3 aliphatic rings. The number of rotatable bonds is 5. The molecule has 1 aromatic carbocycles. The Morgan fingerprint density at radius 3 is 2.69 bits per heavy atom. The van der Waals surface area contributed by atoms with Gasteiger partial charge in [0, 0.05) is 18.6 Å². The van der Waals surface area contributed by atoms with E-state index >= 15 is 0 Å². The van der Waals surface area contributed by atoms with E-state index in [0.717, 1.165) is 30.9 Å². The van der Waals surface area contributed by atoms with Crippen LogP contribution in [0.25, 0.3) is 0 Å². The molecule has 5 rings (SSSR count). The van der Waals surface area contributed by atoms with Gasteiger partial charge >= 0.3 is 0 Å². The van der Waals surface area contributed by atoms with Crippen LogP contribution in [-0.2, 0) is 15.9 Å². The Bertz CT molecular complexity index is 890. The molecule has 1 aliphatic heterocycles. The number of aliphatic hydroxyl groups excluding tert-OH is 1. The minimum absolute atomic E-state index is 0.0360. The summed E-state index contributed by atoms with van der Waals surface area (Å²) in [6.45, 7) is 3.93. The number of anilines is 2. The van der Waals surface area contributed by atoms with E-state index in [1.165, 1.54) is 11.1 Å². The van der Waals surface area contributed by atoms with Gasteiger partial charge in [0.25, 0.3) is 0 Å². The third-order valence-corrected chi connectivity index (χ3v) is 6.27. The van der Waals surface area contributed by atoms with Crippen LogP contribution in [-0.4, -0.2) is 45.7 Å². The minimum atomic E-state index is -0.628. The van der Waals surface area contributed by atoms with Crippen LogP contribution in [0, 0.1) is 5.92 Å². The zero-order valence-electron chi connectivity index (χ0n) is 16.8. The van der Waals surface area contributed by atoms with E-state index in [9.17, 15) is 5.11 Å². The topological polar surface area (TPSA) is 88.5 Å². The molecule has 2 aromatic rings. The highest BCUT2D eigenvalue weighted by Gasteiger charge is 2.53. The van der Waals surface area contributed by atoms with E-state index in [4.69, 9.17) is 9.47 Å². The fourth-order valence-corrected chi connectivity index (χ4v) is 5.00. The number of aryl methyl sites for hydroxylation is 1. The summed E-state index contributed by atoms with van der Waals surface area (Å²) in [4.78, 5) is 8.81. The van der Waals surface area contributed by atoms with Crippen molar-refractivity contribution in [1.82, 2.24) is 9.97 Å². The van der Waals surface area contributed by atoms with Crippen LogP contribution >= 0.6 is 0 Å². The molecule has 5 atom stereocenters. The number of aromatic nitrogens is 2. The average molecular weight is 396 g/mol. The fraction of sp³-hybridized carbons (Fsp3) is 0.545. The molecule has 0 amide bonds. The van der Waals surface area contributed by atoms with Crippen LogP contribution in [0.15, 0.2) is 36.7 Å². The molecule has 3 N–H and O–H groups in total. The largest absolute Gasteiger partial charge is 0.396 e. The summed E-state index contributed by atoms with van der Waals surface area (Å²) in [7, 11) is 0. The number of fused-ring (bicyclic) bond motifs is 2. The number of nitrogens with zero attached hydrogens (tertiary/aromatic N) is 2. The summed E-state index contributed by atoms with van der Waals surface area (Å²) in [5.74, 6) is 0.997. The van der Waals surface area contributed by atoms with Crippen molar-refractivity contribution >= 4 is 11.6 Å². The van der Waals surface area contributed by atoms with Gasteiger partial charge < -0.3 is 25.2 Å². The lowest BCUT2D eigenvalue weighted by Gasteiger charge is -2.24. The second kappa shape index (κ2) is 7.23. The first kappa shape index (κ1) is 18.8. The van der Waals surface area contributed by atoms with Crippen LogP contribution in [0.3, 0.4) is 0 Å². The molecular formula is C22H28N4O3. The molecule has 0 radical (unpaired) electrons. The fourth-order valence-electron chi connectivity index (χ4n) is 5.00. The molecular weight excluding hydrogens is 368 g/mol. The smallest absolute Gasteiger partial charge is 0.163 e. The second-order valence-electron chi connectivity index (χ2n) is 8.72. The molecule has 7 heteroatoms. The summed E-state index contributed by atoms with van der Waals surface area (Å²) < 4.78 is 12.1. The zero-order chi connectivity index (χ0) is 20.0. The molecule has 1 saturated heterocycles. The van der Waals surface area contributed by atoms with E-state index in [1.54, 1.807) is 6.33 Å². The summed E-state index contributed by atoms with van der Waals surface area (Å²) in [6, 6.07) is 10.8. The molecule has 0 bridgehead atoms. The van der Waals surface area contributed by atoms with Crippen LogP contribution < -0.4 is 10.6 Å². The standard InChI is InChI=1S/C22H28N4O3/c1-22(2)28-20-14(11-27)9-17(21(20)29-22)26-19-10-18(23-12-24-19)25-16-8-7-13-5-3-4-6-15(13)16/h3-6,10,12,14,16-17,20-21,27H,7-9,11H2,1-2H3,(H2,23,24,25,26)/t14?,16-,17+,20+,21-/m0/s1. The molecule has 2 aliphatic carbocycles. The summed E-state index contributed by atoms with van der Waals surface area (Å²) in [5.41, 5.74) is 2.76. The number of benzene rings is 1. The van der Waals surface area contributed by atoms with Crippen LogP contribution in [0.1, 0.15) is 43.9 Å². The van der Waals surface area contributed by atoms with E-state index in [1.807, 2.05) is 19.9 Å². The highest BCUT2D eigenvalue weighted by molar-refractivity contribution is 5.50. The molecule has 1 unspecified atom stereocenters. The van der Waals surface area contributed by atoms with Gasteiger partial charge in [0.2, 0.25) is 0 Å². The normalized spacial score (nSPS) is 32.0. The van der Waals surface area contributed by atoms with Crippen molar-refractivity contribution in [1.29, 1.82) is 0 Å². The lowest BCUT2D eigenvalue weighted by atomic mass is 10.1. The highest BCUT2D eigenvalue weighted by atomic mass is 16.8. The Hall–Kier alpha value is -2.22. The number of hydrogen-bond donors (Lipinski definition) is 3. The molecule has 154 valence electrons. The van der Waals surface area contributed by atoms with Gasteiger partial charge in [-0.2, -0.15) is 0 Å². The van der Waals surface area contributed by atoms with Crippen molar-refractivity contribution in [3.63, 3.8) is 0 Å². The average Bonchev–Trinajstić information content (AvgIpc) is 3.34. The SMILES string of the molecule is CC1(C)O[C@@H]2[C@H](O1)C(CO)C[C@H]2Nc1cc(N[C@H]2CCc3ccccc32)ncn1. The van der Waals surface area contributed by atoms with E-state index in [2.05, 4.69) is 44.9 Å². The maximum absolute atomic E-state index is 9.75. The Morgan fingerprint density at radius 1 is 1.10 bits per heavy atom. The summed E-state index contributed by atoms with van der Waals surface area (Å²) in [5, 5.41) is 16.8. The first-order valence-corrected chi connectivity index (χ1v) is 10.4. The van der Waals surface area contributed by atoms with Crippen molar-refractivity contribution < 1.29 is 14.6 Å². The van der Waals surface area contributed by atoms with Gasteiger partial charge in [-0.05, 0) is 44.2 Å². The summed E-state index contributed by atoms with van der Waals surface area (Å²) in [6.07, 6.45) is 4.32. The number of aliphatic hydroxyl groups is 1. The molecule has 2 heterocycles. The van der Waals surface area contributed by atoms with Gasteiger partial charge in [-0.1, -0.05) is 24.3 Å². The maximum Gasteiger partial charge on any atom is 0.163 e. The van der Waals surface area contributed by atoms with Gasteiger partial charge in [0.1, 0.15) is 24.1 Å². The van der Waals surface area contributed by atoms with Crippen molar-refractivity contribution in [3.8, 4) is 0 Å². The quantitative estimate of drug-likeness (QED) is 0.716. The van der Waals surface area contributed by atoms with Gasteiger partial charge in [-0.25, -0.2) is 9.97 Å². The zero-order valence-corrected chi connectivity index (χ0v) is 16.8.